The molecule has 0 saturated heterocycles. The van der Waals surface area contributed by atoms with Crippen LogP contribution >= 0.6 is 0 Å². The largest absolute Gasteiger partial charge is 0.396 e. The van der Waals surface area contributed by atoms with E-state index in [4.69, 9.17) is 9.84 Å². The topological polar surface area (TPSA) is 95.9 Å². The van der Waals surface area contributed by atoms with Gasteiger partial charge in [-0.3, -0.25) is 0 Å². The number of ether oxygens (including phenoxy) is 1. The SMILES string of the molecule is COCC(CCO)NCC(O)c1ccc(S(C)(=O)=O)cc1. The van der Waals surface area contributed by atoms with Crippen LogP contribution in [-0.4, -0.2) is 57.8 Å². The second-order valence-electron chi connectivity index (χ2n) is 4.93. The third-order valence-corrected chi connectivity index (χ3v) is 4.27. The molecule has 0 amide bonds. The van der Waals surface area contributed by atoms with E-state index in [-0.39, 0.29) is 17.5 Å². The van der Waals surface area contributed by atoms with Gasteiger partial charge in [-0.2, -0.15) is 0 Å². The first-order valence-electron chi connectivity index (χ1n) is 6.69. The zero-order chi connectivity index (χ0) is 15.9. The van der Waals surface area contributed by atoms with Gasteiger partial charge in [0, 0.05) is 32.6 Å². The van der Waals surface area contributed by atoms with Crippen molar-refractivity contribution in [1.29, 1.82) is 0 Å². The van der Waals surface area contributed by atoms with E-state index in [1.807, 2.05) is 0 Å². The Hall–Kier alpha value is -0.990. The monoisotopic (exact) mass is 317 g/mol. The Morgan fingerprint density at radius 3 is 2.38 bits per heavy atom. The van der Waals surface area contributed by atoms with E-state index in [1.54, 1.807) is 19.2 Å². The molecule has 0 saturated carbocycles. The Balaban J connectivity index is 2.60. The Bertz CT molecular complexity index is 509. The molecule has 0 aliphatic rings. The Labute approximate surface area is 125 Å². The average Bonchev–Trinajstić information content (AvgIpc) is 2.44. The van der Waals surface area contributed by atoms with Crippen LogP contribution in [-0.2, 0) is 14.6 Å². The minimum absolute atomic E-state index is 0.0371. The number of hydrogen-bond donors (Lipinski definition) is 3. The number of benzene rings is 1. The molecule has 7 heteroatoms. The van der Waals surface area contributed by atoms with E-state index < -0.39 is 15.9 Å². The van der Waals surface area contributed by atoms with Crippen molar-refractivity contribution in [3.63, 3.8) is 0 Å². The maximum atomic E-state index is 11.4. The fourth-order valence-electron chi connectivity index (χ4n) is 1.93. The second-order valence-corrected chi connectivity index (χ2v) is 6.95. The van der Waals surface area contributed by atoms with Crippen molar-refractivity contribution in [2.45, 2.75) is 23.5 Å². The summed E-state index contributed by atoms with van der Waals surface area (Å²) in [6.07, 6.45) is 0.925. The van der Waals surface area contributed by atoms with Crippen LogP contribution in [0.15, 0.2) is 29.2 Å². The van der Waals surface area contributed by atoms with Crippen LogP contribution in [0.2, 0.25) is 0 Å². The molecule has 0 aromatic heterocycles. The van der Waals surface area contributed by atoms with Gasteiger partial charge in [0.05, 0.1) is 17.6 Å². The number of methoxy groups -OCH3 is 1. The Kier molecular flexibility index (Phi) is 7.27. The molecule has 2 unspecified atom stereocenters. The van der Waals surface area contributed by atoms with E-state index in [2.05, 4.69) is 5.32 Å². The van der Waals surface area contributed by atoms with Crippen LogP contribution < -0.4 is 5.32 Å². The highest BCUT2D eigenvalue weighted by molar-refractivity contribution is 7.90. The molecule has 2 atom stereocenters. The summed E-state index contributed by atoms with van der Waals surface area (Å²) in [6, 6.07) is 6.12. The summed E-state index contributed by atoms with van der Waals surface area (Å²) in [5.41, 5.74) is 0.634. The van der Waals surface area contributed by atoms with Crippen molar-refractivity contribution < 1.29 is 23.4 Å². The maximum Gasteiger partial charge on any atom is 0.175 e. The summed E-state index contributed by atoms with van der Waals surface area (Å²) in [4.78, 5) is 0.226. The molecule has 0 radical (unpaired) electrons. The minimum atomic E-state index is -3.23. The molecular weight excluding hydrogens is 294 g/mol. The Morgan fingerprint density at radius 2 is 1.90 bits per heavy atom. The van der Waals surface area contributed by atoms with Crippen LogP contribution in [0.1, 0.15) is 18.1 Å². The van der Waals surface area contributed by atoms with E-state index in [0.717, 1.165) is 6.26 Å². The number of nitrogens with one attached hydrogen (secondary N) is 1. The van der Waals surface area contributed by atoms with Crippen molar-refractivity contribution in [2.75, 3.05) is 33.1 Å². The normalized spacial score (nSPS) is 14.9. The fraction of sp³-hybridized carbons (Fsp3) is 0.571. The van der Waals surface area contributed by atoms with Gasteiger partial charge in [-0.15, -0.1) is 0 Å². The highest BCUT2D eigenvalue weighted by atomic mass is 32.2. The van der Waals surface area contributed by atoms with Crippen molar-refractivity contribution in [3.05, 3.63) is 29.8 Å². The van der Waals surface area contributed by atoms with Gasteiger partial charge in [0.15, 0.2) is 9.84 Å². The third-order valence-electron chi connectivity index (χ3n) is 3.14. The predicted molar refractivity (Wildman–Crippen MR) is 79.9 cm³/mol. The molecule has 3 N–H and O–H groups in total. The van der Waals surface area contributed by atoms with E-state index in [9.17, 15) is 13.5 Å². The quantitative estimate of drug-likeness (QED) is 0.598. The molecule has 6 nitrogen and oxygen atoms in total. The predicted octanol–water partition coefficient (Wildman–Crippen LogP) is 0.111. The average molecular weight is 317 g/mol. The lowest BCUT2D eigenvalue weighted by atomic mass is 10.1. The van der Waals surface area contributed by atoms with Gasteiger partial charge in [-0.1, -0.05) is 12.1 Å². The lowest BCUT2D eigenvalue weighted by molar-refractivity contribution is 0.127. The van der Waals surface area contributed by atoms with Crippen LogP contribution in [0.25, 0.3) is 0 Å². The fourth-order valence-corrected chi connectivity index (χ4v) is 2.57. The van der Waals surface area contributed by atoms with Gasteiger partial charge < -0.3 is 20.3 Å². The number of aliphatic hydroxyl groups is 2. The standard InChI is InChI=1S/C14H23NO5S/c1-20-10-12(7-8-16)15-9-14(17)11-3-5-13(6-4-11)21(2,18)19/h3-6,12,14-17H,7-10H2,1-2H3. The highest BCUT2D eigenvalue weighted by Crippen LogP contribution is 2.16. The summed E-state index contributed by atoms with van der Waals surface area (Å²) < 4.78 is 27.7. The molecule has 0 bridgehead atoms. The Morgan fingerprint density at radius 1 is 1.29 bits per heavy atom. The molecule has 120 valence electrons. The number of aliphatic hydroxyl groups excluding tert-OH is 2. The van der Waals surface area contributed by atoms with Gasteiger partial charge in [0.2, 0.25) is 0 Å². The summed E-state index contributed by atoms with van der Waals surface area (Å²) in [5.74, 6) is 0. The summed E-state index contributed by atoms with van der Waals surface area (Å²) in [6.45, 7) is 0.784. The molecule has 0 spiro atoms. The molecule has 0 aliphatic heterocycles. The zero-order valence-electron chi connectivity index (χ0n) is 12.3. The number of sulfone groups is 1. The van der Waals surface area contributed by atoms with Crippen LogP contribution in [0.3, 0.4) is 0 Å². The molecule has 1 aromatic carbocycles. The molecule has 0 heterocycles. The third kappa shape index (κ3) is 6.11. The van der Waals surface area contributed by atoms with Gasteiger partial charge in [0.25, 0.3) is 0 Å². The van der Waals surface area contributed by atoms with Crippen molar-refractivity contribution in [1.82, 2.24) is 5.32 Å². The van der Waals surface area contributed by atoms with Gasteiger partial charge in [0.1, 0.15) is 0 Å². The lowest BCUT2D eigenvalue weighted by Crippen LogP contribution is -2.36. The number of hydrogen-bond acceptors (Lipinski definition) is 6. The highest BCUT2D eigenvalue weighted by Gasteiger charge is 2.13. The second kappa shape index (κ2) is 8.45. The van der Waals surface area contributed by atoms with E-state index >= 15 is 0 Å². The van der Waals surface area contributed by atoms with Crippen molar-refractivity contribution in [2.24, 2.45) is 0 Å². The van der Waals surface area contributed by atoms with E-state index in [1.165, 1.54) is 12.1 Å². The van der Waals surface area contributed by atoms with E-state index in [0.29, 0.717) is 25.1 Å². The molecular formula is C14H23NO5S. The van der Waals surface area contributed by atoms with Crippen LogP contribution in [0, 0.1) is 0 Å². The lowest BCUT2D eigenvalue weighted by Gasteiger charge is -2.19. The molecule has 21 heavy (non-hydrogen) atoms. The van der Waals surface area contributed by atoms with Gasteiger partial charge >= 0.3 is 0 Å². The first-order valence-corrected chi connectivity index (χ1v) is 8.59. The minimum Gasteiger partial charge on any atom is -0.396 e. The number of rotatable bonds is 9. The molecule has 0 aliphatic carbocycles. The van der Waals surface area contributed by atoms with Crippen LogP contribution in [0.5, 0.6) is 0 Å². The smallest absolute Gasteiger partial charge is 0.175 e. The van der Waals surface area contributed by atoms with Gasteiger partial charge in [-0.25, -0.2) is 8.42 Å². The summed E-state index contributed by atoms with van der Waals surface area (Å²) in [7, 11) is -1.65. The first-order chi connectivity index (χ1) is 9.88. The summed E-state index contributed by atoms with van der Waals surface area (Å²) >= 11 is 0. The molecule has 1 rings (SSSR count). The first kappa shape index (κ1) is 18.1. The van der Waals surface area contributed by atoms with Gasteiger partial charge in [-0.05, 0) is 24.1 Å². The maximum absolute atomic E-state index is 11.4. The van der Waals surface area contributed by atoms with Crippen LogP contribution in [0.4, 0.5) is 0 Å². The molecule has 0 fully saturated rings. The van der Waals surface area contributed by atoms with Crippen molar-refractivity contribution >= 4 is 9.84 Å². The molecule has 1 aromatic rings. The van der Waals surface area contributed by atoms with Crippen molar-refractivity contribution in [3.8, 4) is 0 Å². The zero-order valence-corrected chi connectivity index (χ0v) is 13.1. The summed E-state index contributed by atoms with van der Waals surface area (Å²) in [5, 5.41) is 22.1.